The highest BCUT2D eigenvalue weighted by Gasteiger charge is 2.17. The van der Waals surface area contributed by atoms with Gasteiger partial charge in [0.25, 0.3) is 0 Å². The number of hydrogen-bond acceptors (Lipinski definition) is 4. The molecule has 0 aromatic heterocycles. The molecule has 1 saturated heterocycles. The predicted molar refractivity (Wildman–Crippen MR) is 95.4 cm³/mol. The number of anilines is 1. The first-order chi connectivity index (χ1) is 10.5. The Hall–Kier alpha value is -1.26. The van der Waals surface area contributed by atoms with Crippen LogP contribution in [0.25, 0.3) is 0 Å². The normalized spacial score (nSPS) is 18.7. The number of nitrogens with two attached hydrogens (primary N) is 1. The van der Waals surface area contributed by atoms with Crippen molar-refractivity contribution in [2.75, 3.05) is 52.6 Å². The molecule has 0 spiro atoms. The average molecular weight is 307 g/mol. The molecule has 1 fully saturated rings. The van der Waals surface area contributed by atoms with Crippen molar-refractivity contribution in [3.8, 4) is 5.75 Å². The Balaban J connectivity index is 0.000000346. The van der Waals surface area contributed by atoms with Crippen LogP contribution >= 0.6 is 0 Å². The van der Waals surface area contributed by atoms with E-state index in [0.717, 1.165) is 37.7 Å². The van der Waals surface area contributed by atoms with Gasteiger partial charge in [-0.1, -0.05) is 13.8 Å². The van der Waals surface area contributed by atoms with Gasteiger partial charge in [-0.25, -0.2) is 0 Å². The van der Waals surface area contributed by atoms with Gasteiger partial charge in [0, 0.05) is 18.2 Å². The second kappa shape index (κ2) is 10.5. The van der Waals surface area contributed by atoms with Gasteiger partial charge in [0.2, 0.25) is 0 Å². The number of rotatable bonds is 5. The van der Waals surface area contributed by atoms with Crippen molar-refractivity contribution in [3.63, 3.8) is 0 Å². The minimum absolute atomic E-state index is 0.663. The molecule has 1 atom stereocenters. The molecule has 0 amide bonds. The topological polar surface area (TPSA) is 41.7 Å². The third kappa shape index (κ3) is 7.66. The van der Waals surface area contributed by atoms with Gasteiger partial charge in [-0.2, -0.15) is 0 Å². The summed E-state index contributed by atoms with van der Waals surface area (Å²) >= 11 is 0. The fourth-order valence-corrected chi connectivity index (χ4v) is 2.41. The highest BCUT2D eigenvalue weighted by molar-refractivity contribution is 5.41. The number of hydrogen-bond donors (Lipinski definition) is 1. The van der Waals surface area contributed by atoms with Crippen molar-refractivity contribution in [3.05, 3.63) is 24.3 Å². The zero-order valence-electron chi connectivity index (χ0n) is 14.7. The summed E-state index contributed by atoms with van der Waals surface area (Å²) in [6, 6.07) is 7.62. The first kappa shape index (κ1) is 18.8. The third-order valence-electron chi connectivity index (χ3n) is 4.17. The fourth-order valence-electron chi connectivity index (χ4n) is 2.41. The van der Waals surface area contributed by atoms with Gasteiger partial charge in [0.15, 0.2) is 0 Å². The van der Waals surface area contributed by atoms with Crippen LogP contribution in [-0.2, 0) is 0 Å². The SMILES string of the molecule is CCN(C)CC.CN1CCCC(COc2ccc(N)cc2)C1. The fraction of sp³-hybridized carbons (Fsp3) is 0.667. The molecular weight excluding hydrogens is 274 g/mol. The Kier molecular flexibility index (Phi) is 8.94. The lowest BCUT2D eigenvalue weighted by Crippen LogP contribution is -2.34. The number of piperidine rings is 1. The lowest BCUT2D eigenvalue weighted by atomic mass is 10.00. The second-order valence-electron chi connectivity index (χ2n) is 6.14. The molecule has 4 heteroatoms. The van der Waals surface area contributed by atoms with Gasteiger partial charge in [0.1, 0.15) is 5.75 Å². The van der Waals surface area contributed by atoms with E-state index >= 15 is 0 Å². The van der Waals surface area contributed by atoms with Gasteiger partial charge in [-0.3, -0.25) is 0 Å². The molecule has 126 valence electrons. The van der Waals surface area contributed by atoms with E-state index in [1.165, 1.54) is 19.4 Å². The second-order valence-corrected chi connectivity index (χ2v) is 6.14. The highest BCUT2D eigenvalue weighted by Crippen LogP contribution is 2.18. The molecule has 1 aliphatic heterocycles. The summed E-state index contributed by atoms with van der Waals surface area (Å²) in [5, 5.41) is 0. The molecule has 22 heavy (non-hydrogen) atoms. The Bertz CT molecular complexity index is 390. The minimum atomic E-state index is 0.663. The molecule has 0 bridgehead atoms. The van der Waals surface area contributed by atoms with Crippen molar-refractivity contribution >= 4 is 5.69 Å². The van der Waals surface area contributed by atoms with E-state index in [2.05, 4.69) is 37.7 Å². The Morgan fingerprint density at radius 3 is 2.36 bits per heavy atom. The molecular formula is C18H33N3O. The van der Waals surface area contributed by atoms with Gasteiger partial charge < -0.3 is 20.3 Å². The molecule has 1 aliphatic rings. The quantitative estimate of drug-likeness (QED) is 0.849. The standard InChI is InChI=1S/C13H20N2O.C5H13N/c1-15-8-2-3-11(9-15)10-16-13-6-4-12(14)5-7-13;1-4-6(3)5-2/h4-7,11H,2-3,8-10,14H2,1H3;4-5H2,1-3H3. The lowest BCUT2D eigenvalue weighted by molar-refractivity contribution is 0.150. The summed E-state index contributed by atoms with van der Waals surface area (Å²) in [7, 11) is 4.29. The molecule has 0 saturated carbocycles. The summed E-state index contributed by atoms with van der Waals surface area (Å²) in [5.41, 5.74) is 6.40. The third-order valence-corrected chi connectivity index (χ3v) is 4.17. The van der Waals surface area contributed by atoms with E-state index in [9.17, 15) is 0 Å². The van der Waals surface area contributed by atoms with Crippen molar-refractivity contribution in [1.82, 2.24) is 9.80 Å². The van der Waals surface area contributed by atoms with Crippen LogP contribution < -0.4 is 10.5 Å². The van der Waals surface area contributed by atoms with Crippen molar-refractivity contribution in [2.24, 2.45) is 5.92 Å². The number of likely N-dealkylation sites (tertiary alicyclic amines) is 1. The largest absolute Gasteiger partial charge is 0.493 e. The van der Waals surface area contributed by atoms with Crippen LogP contribution in [0.4, 0.5) is 5.69 Å². The molecule has 2 rings (SSSR count). The first-order valence-electron chi connectivity index (χ1n) is 8.40. The number of nitrogen functional groups attached to an aromatic ring is 1. The maximum absolute atomic E-state index is 5.77. The Labute approximate surface area is 136 Å². The van der Waals surface area contributed by atoms with E-state index in [0.29, 0.717) is 5.92 Å². The van der Waals surface area contributed by atoms with Gasteiger partial charge >= 0.3 is 0 Å². The molecule has 0 aliphatic carbocycles. The van der Waals surface area contributed by atoms with Crippen LogP contribution in [0.5, 0.6) is 5.75 Å². The molecule has 0 radical (unpaired) electrons. The van der Waals surface area contributed by atoms with Gasteiger partial charge in [-0.15, -0.1) is 0 Å². The summed E-state index contributed by atoms with van der Waals surface area (Å²) in [6.07, 6.45) is 2.56. The molecule has 2 N–H and O–H groups in total. The summed E-state index contributed by atoms with van der Waals surface area (Å²) in [5.74, 6) is 1.58. The average Bonchev–Trinajstić information content (AvgIpc) is 2.54. The van der Waals surface area contributed by atoms with Crippen LogP contribution in [-0.4, -0.2) is 56.7 Å². The van der Waals surface area contributed by atoms with Gasteiger partial charge in [-0.05, 0) is 70.8 Å². The van der Waals surface area contributed by atoms with E-state index in [1.54, 1.807) is 0 Å². The maximum Gasteiger partial charge on any atom is 0.119 e. The van der Waals surface area contributed by atoms with Crippen LogP contribution in [0, 0.1) is 5.92 Å². The van der Waals surface area contributed by atoms with Crippen molar-refractivity contribution in [2.45, 2.75) is 26.7 Å². The maximum atomic E-state index is 5.77. The molecule has 1 aromatic rings. The van der Waals surface area contributed by atoms with Crippen molar-refractivity contribution < 1.29 is 4.74 Å². The van der Waals surface area contributed by atoms with Crippen LogP contribution in [0.2, 0.25) is 0 Å². The molecule has 1 aromatic carbocycles. The van der Waals surface area contributed by atoms with Crippen molar-refractivity contribution in [1.29, 1.82) is 0 Å². The van der Waals surface area contributed by atoms with Crippen LogP contribution in [0.3, 0.4) is 0 Å². The molecule has 1 heterocycles. The number of benzene rings is 1. The minimum Gasteiger partial charge on any atom is -0.493 e. The Morgan fingerprint density at radius 2 is 1.86 bits per heavy atom. The molecule has 1 unspecified atom stereocenters. The summed E-state index contributed by atoms with van der Waals surface area (Å²) in [4.78, 5) is 4.63. The van der Waals surface area contributed by atoms with E-state index < -0.39 is 0 Å². The predicted octanol–water partition coefficient (Wildman–Crippen LogP) is 2.95. The van der Waals surface area contributed by atoms with E-state index in [1.807, 2.05) is 24.3 Å². The zero-order chi connectivity index (χ0) is 16.4. The first-order valence-corrected chi connectivity index (χ1v) is 8.40. The summed E-state index contributed by atoms with van der Waals surface area (Å²) < 4.78 is 5.77. The van der Waals surface area contributed by atoms with Crippen LogP contribution in [0.1, 0.15) is 26.7 Å². The summed E-state index contributed by atoms with van der Waals surface area (Å²) in [6.45, 7) is 9.82. The number of ether oxygens (including phenoxy) is 1. The smallest absolute Gasteiger partial charge is 0.119 e. The van der Waals surface area contributed by atoms with E-state index in [4.69, 9.17) is 10.5 Å². The van der Waals surface area contributed by atoms with Crippen LogP contribution in [0.15, 0.2) is 24.3 Å². The Morgan fingerprint density at radius 1 is 1.23 bits per heavy atom. The lowest BCUT2D eigenvalue weighted by Gasteiger charge is -2.29. The van der Waals surface area contributed by atoms with Gasteiger partial charge in [0.05, 0.1) is 6.61 Å². The number of nitrogens with zero attached hydrogens (tertiary/aromatic N) is 2. The zero-order valence-corrected chi connectivity index (χ0v) is 14.7. The van der Waals surface area contributed by atoms with E-state index in [-0.39, 0.29) is 0 Å². The molecule has 4 nitrogen and oxygen atoms in total. The monoisotopic (exact) mass is 307 g/mol. The highest BCUT2D eigenvalue weighted by atomic mass is 16.5.